The minimum atomic E-state index is -0.189. The highest BCUT2D eigenvalue weighted by molar-refractivity contribution is 7.96. The largest absolute Gasteiger partial charge is 0.337 e. The molecule has 0 atom stereocenters. The first-order valence-corrected chi connectivity index (χ1v) is 6.03. The first-order chi connectivity index (χ1) is 8.16. The second-order valence-electron chi connectivity index (χ2n) is 4.14. The van der Waals surface area contributed by atoms with Crippen LogP contribution in [0, 0.1) is 0 Å². The van der Waals surface area contributed by atoms with Gasteiger partial charge < -0.3 is 4.90 Å². The highest BCUT2D eigenvalue weighted by Crippen LogP contribution is 2.16. The van der Waals surface area contributed by atoms with Crippen LogP contribution in [0.25, 0.3) is 10.8 Å². The van der Waals surface area contributed by atoms with Crippen molar-refractivity contribution in [3.8, 4) is 0 Å². The molecule has 0 heterocycles. The van der Waals surface area contributed by atoms with Gasteiger partial charge in [0.2, 0.25) is 0 Å². The molecule has 2 aromatic rings. The van der Waals surface area contributed by atoms with Crippen LogP contribution in [0.2, 0.25) is 0 Å². The van der Waals surface area contributed by atoms with Crippen molar-refractivity contribution in [2.75, 3.05) is 13.6 Å². The molecule has 0 fully saturated rings. The number of benzene rings is 2. The number of hydrogen-bond acceptors (Lipinski definition) is 1. The maximum atomic E-state index is 11.0. The van der Waals surface area contributed by atoms with Gasteiger partial charge in [0.05, 0.1) is 0 Å². The highest BCUT2D eigenvalue weighted by atomic mass is 32.1. The fourth-order valence-electron chi connectivity index (χ4n) is 1.79. The number of rotatable bonds is 3. The molecule has 0 spiro atoms. The molecule has 1 amide bonds. The molecule has 2 nitrogen and oxygen atoms in total. The maximum Gasteiger partial charge on any atom is 0.278 e. The van der Waals surface area contributed by atoms with Crippen molar-refractivity contribution in [1.82, 2.24) is 4.90 Å². The lowest BCUT2D eigenvalue weighted by Gasteiger charge is -2.13. The number of carbonyl (C=O) groups is 1. The van der Waals surface area contributed by atoms with Crippen LogP contribution in [0.3, 0.4) is 0 Å². The van der Waals surface area contributed by atoms with E-state index in [4.69, 9.17) is 0 Å². The van der Waals surface area contributed by atoms with Gasteiger partial charge in [-0.05, 0) is 22.8 Å². The average Bonchev–Trinajstić information content (AvgIpc) is 2.35. The Morgan fingerprint density at radius 1 is 1.18 bits per heavy atom. The van der Waals surface area contributed by atoms with Crippen molar-refractivity contribution in [1.29, 1.82) is 0 Å². The highest BCUT2D eigenvalue weighted by Gasteiger charge is 2.03. The van der Waals surface area contributed by atoms with Gasteiger partial charge in [-0.1, -0.05) is 55.1 Å². The zero-order chi connectivity index (χ0) is 12.3. The van der Waals surface area contributed by atoms with Crippen LogP contribution in [0.5, 0.6) is 0 Å². The molecule has 17 heavy (non-hydrogen) atoms. The van der Waals surface area contributed by atoms with Gasteiger partial charge >= 0.3 is 0 Å². The SMILES string of the molecule is CN(CCc1ccc2ccccc2c1)C(=O)S. The smallest absolute Gasteiger partial charge is 0.278 e. The maximum absolute atomic E-state index is 11.0. The average molecular weight is 245 g/mol. The second-order valence-corrected chi connectivity index (χ2v) is 4.52. The lowest BCUT2D eigenvalue weighted by atomic mass is 10.1. The van der Waals surface area contributed by atoms with Crippen molar-refractivity contribution < 1.29 is 4.79 Å². The van der Waals surface area contributed by atoms with Crippen LogP contribution >= 0.6 is 12.6 Å². The van der Waals surface area contributed by atoms with E-state index in [-0.39, 0.29) is 5.24 Å². The van der Waals surface area contributed by atoms with Crippen molar-refractivity contribution in [2.24, 2.45) is 0 Å². The van der Waals surface area contributed by atoms with Crippen LogP contribution in [0.1, 0.15) is 5.56 Å². The first kappa shape index (κ1) is 12.0. The topological polar surface area (TPSA) is 20.3 Å². The van der Waals surface area contributed by atoms with E-state index in [9.17, 15) is 4.79 Å². The summed E-state index contributed by atoms with van der Waals surface area (Å²) in [5, 5.41) is 2.30. The molecule has 0 saturated carbocycles. The molecule has 88 valence electrons. The van der Waals surface area contributed by atoms with Crippen LogP contribution in [0.15, 0.2) is 42.5 Å². The summed E-state index contributed by atoms with van der Waals surface area (Å²) < 4.78 is 0. The lowest BCUT2D eigenvalue weighted by molar-refractivity contribution is 0.234. The molecule has 0 N–H and O–H groups in total. The van der Waals surface area contributed by atoms with E-state index in [1.165, 1.54) is 16.3 Å². The summed E-state index contributed by atoms with van der Waals surface area (Å²) in [4.78, 5) is 12.6. The molecule has 3 heteroatoms. The van der Waals surface area contributed by atoms with Gasteiger partial charge in [0, 0.05) is 13.6 Å². The van der Waals surface area contributed by atoms with E-state index in [1.54, 1.807) is 11.9 Å². The monoisotopic (exact) mass is 245 g/mol. The Balaban J connectivity index is 2.12. The second kappa shape index (κ2) is 5.23. The van der Waals surface area contributed by atoms with Crippen molar-refractivity contribution in [3.63, 3.8) is 0 Å². The minimum Gasteiger partial charge on any atom is -0.337 e. The molecule has 0 unspecified atom stereocenters. The molecule has 0 aromatic heterocycles. The van der Waals surface area contributed by atoms with Gasteiger partial charge in [0.15, 0.2) is 0 Å². The molecular weight excluding hydrogens is 230 g/mol. The molecule has 2 aromatic carbocycles. The molecule has 0 aliphatic heterocycles. The third-order valence-corrected chi connectivity index (χ3v) is 3.22. The Morgan fingerprint density at radius 2 is 1.88 bits per heavy atom. The summed E-state index contributed by atoms with van der Waals surface area (Å²) in [6.45, 7) is 0.695. The van der Waals surface area contributed by atoms with Crippen molar-refractivity contribution in [3.05, 3.63) is 48.0 Å². The minimum absolute atomic E-state index is 0.189. The summed E-state index contributed by atoms with van der Waals surface area (Å²) in [7, 11) is 1.76. The van der Waals surface area contributed by atoms with Gasteiger partial charge in [-0.3, -0.25) is 4.79 Å². The summed E-state index contributed by atoms with van der Waals surface area (Å²) >= 11 is 3.79. The van der Waals surface area contributed by atoms with Gasteiger partial charge in [0.25, 0.3) is 5.24 Å². The summed E-state index contributed by atoms with van der Waals surface area (Å²) in [5.74, 6) is 0. The van der Waals surface area contributed by atoms with Crippen LogP contribution in [-0.2, 0) is 6.42 Å². The molecule has 0 aliphatic rings. The van der Waals surface area contributed by atoms with Crippen LogP contribution in [-0.4, -0.2) is 23.7 Å². The lowest BCUT2D eigenvalue weighted by Crippen LogP contribution is -2.23. The van der Waals surface area contributed by atoms with Crippen molar-refractivity contribution in [2.45, 2.75) is 6.42 Å². The van der Waals surface area contributed by atoms with E-state index < -0.39 is 0 Å². The van der Waals surface area contributed by atoms with Gasteiger partial charge in [-0.15, -0.1) is 0 Å². The summed E-state index contributed by atoms with van der Waals surface area (Å²) in [5.41, 5.74) is 1.24. The Hall–Kier alpha value is -1.48. The zero-order valence-corrected chi connectivity index (χ0v) is 10.7. The van der Waals surface area contributed by atoms with E-state index in [2.05, 4.69) is 43.0 Å². The van der Waals surface area contributed by atoms with E-state index in [0.717, 1.165) is 6.42 Å². The van der Waals surface area contributed by atoms with Gasteiger partial charge in [-0.2, -0.15) is 0 Å². The van der Waals surface area contributed by atoms with Gasteiger partial charge in [0.1, 0.15) is 0 Å². The summed E-state index contributed by atoms with van der Waals surface area (Å²) in [6.07, 6.45) is 0.855. The molecular formula is C14H15NOS. The molecule has 0 bridgehead atoms. The number of nitrogens with zero attached hydrogens (tertiary/aromatic N) is 1. The number of hydrogen-bond donors (Lipinski definition) is 1. The normalized spacial score (nSPS) is 10.5. The Bertz CT molecular complexity index is 538. The number of likely N-dealkylation sites (N-methyl/N-ethyl adjacent to an activating group) is 1. The Kier molecular flexibility index (Phi) is 3.69. The van der Waals surface area contributed by atoms with Gasteiger partial charge in [-0.25, -0.2) is 0 Å². The third-order valence-electron chi connectivity index (χ3n) is 2.88. The standard InChI is InChI=1S/C14H15NOS/c1-15(14(16)17)9-8-11-6-7-12-4-2-3-5-13(12)10-11/h2-7,10H,8-9H2,1H3,(H,16,17). The quantitative estimate of drug-likeness (QED) is 0.822. The molecule has 2 rings (SSSR count). The number of amides is 1. The van der Waals surface area contributed by atoms with E-state index >= 15 is 0 Å². The van der Waals surface area contributed by atoms with Crippen molar-refractivity contribution >= 4 is 28.6 Å². The van der Waals surface area contributed by atoms with Crippen LogP contribution < -0.4 is 0 Å². The fraction of sp³-hybridized carbons (Fsp3) is 0.214. The number of thiol groups is 1. The zero-order valence-electron chi connectivity index (χ0n) is 9.76. The van der Waals surface area contributed by atoms with E-state index in [1.807, 2.05) is 12.1 Å². The third kappa shape index (κ3) is 3.01. The number of carbonyl (C=O) groups excluding carboxylic acids is 1. The molecule has 0 saturated heterocycles. The molecule has 0 aliphatic carbocycles. The number of fused-ring (bicyclic) bond motifs is 1. The first-order valence-electron chi connectivity index (χ1n) is 5.58. The van der Waals surface area contributed by atoms with Crippen LogP contribution in [0.4, 0.5) is 4.79 Å². The Labute approximate surface area is 107 Å². The fourth-order valence-corrected chi connectivity index (χ4v) is 1.89. The molecule has 0 radical (unpaired) electrons. The van der Waals surface area contributed by atoms with E-state index in [0.29, 0.717) is 6.54 Å². The predicted molar refractivity (Wildman–Crippen MR) is 74.7 cm³/mol. The summed E-state index contributed by atoms with van der Waals surface area (Å²) in [6, 6.07) is 14.7. The Morgan fingerprint density at radius 3 is 2.59 bits per heavy atom. The predicted octanol–water partition coefficient (Wildman–Crippen LogP) is 3.36.